The lowest BCUT2D eigenvalue weighted by molar-refractivity contribution is 1.07. The van der Waals surface area contributed by atoms with Crippen LogP contribution in [0.5, 0.6) is 0 Å². The summed E-state index contributed by atoms with van der Waals surface area (Å²) in [4.78, 5) is 34.9. The van der Waals surface area contributed by atoms with Gasteiger partial charge < -0.3 is 18.3 Å². The third-order valence-corrected chi connectivity index (χ3v) is 21.4. The Balaban J connectivity index is 0.000000141. The molecule has 8 heterocycles. The molecule has 112 heavy (non-hydrogen) atoms. The fourth-order valence-electron chi connectivity index (χ4n) is 16.2. The molecule has 0 N–H and O–H groups in total. The van der Waals surface area contributed by atoms with Gasteiger partial charge in [0, 0.05) is 101 Å². The predicted octanol–water partition coefficient (Wildman–Crippen LogP) is 24.9. The summed E-state index contributed by atoms with van der Waals surface area (Å²) in [6.45, 7) is 0. The van der Waals surface area contributed by atoms with Gasteiger partial charge in [0.05, 0.1) is 66.6 Å². The van der Waals surface area contributed by atoms with Gasteiger partial charge in [0.15, 0.2) is 23.3 Å². The fourth-order valence-corrected chi connectivity index (χ4v) is 16.2. The van der Waals surface area contributed by atoms with Crippen LogP contribution in [0.25, 0.3) is 201 Å². The standard InChI is InChI=1S/C51H33N5.C50H32N6/c1-4-14-34(15-5-1)44-33-45(54-51(53-44)35-16-6-2-7-17-35)38-18-12-21-40(30-38)56-47-28-26-36(31-43(47)50-48(56)24-13-29-52-50)37-25-27-42-41-22-10-11-23-46(41)55(49(42)32-37)39-19-8-3-9-20-39;1-4-14-33(15-5-1)48-52-49(34-16-6-2-7-17-34)54-50(53-48)37-18-12-21-39(30-37)56-44-28-26-35(31-42(44)47-45(56)24-13-29-51-47)36-25-27-41-40-22-10-11-23-43(40)55(46(41)32-36)38-19-8-3-9-20-38/h1-33H;1-32H. The summed E-state index contributed by atoms with van der Waals surface area (Å²) in [5.41, 5.74) is 27.4. The normalized spacial score (nSPS) is 11.6. The molecule has 22 rings (SSSR count). The van der Waals surface area contributed by atoms with Gasteiger partial charge in [-0.1, -0.05) is 255 Å². The summed E-state index contributed by atoms with van der Waals surface area (Å²) in [7, 11) is 0. The van der Waals surface area contributed by atoms with Crippen molar-refractivity contribution in [3.05, 3.63) is 395 Å². The first-order valence-electron chi connectivity index (χ1n) is 37.6. The van der Waals surface area contributed by atoms with Crippen LogP contribution in [0.15, 0.2) is 395 Å². The van der Waals surface area contributed by atoms with Gasteiger partial charge in [-0.2, -0.15) is 0 Å². The number of nitrogens with zero attached hydrogens (tertiary/aromatic N) is 11. The highest BCUT2D eigenvalue weighted by molar-refractivity contribution is 6.14. The van der Waals surface area contributed by atoms with Crippen molar-refractivity contribution >= 4 is 87.5 Å². The minimum Gasteiger partial charge on any atom is -0.309 e. The van der Waals surface area contributed by atoms with Gasteiger partial charge in [0.2, 0.25) is 0 Å². The van der Waals surface area contributed by atoms with E-state index in [2.05, 4.69) is 291 Å². The van der Waals surface area contributed by atoms with E-state index >= 15 is 0 Å². The Hall–Kier alpha value is -15.3. The van der Waals surface area contributed by atoms with E-state index in [4.69, 9.17) is 34.9 Å². The van der Waals surface area contributed by atoms with Crippen LogP contribution in [0.2, 0.25) is 0 Å². The Morgan fingerprint density at radius 3 is 0.938 bits per heavy atom. The molecule has 0 aliphatic rings. The highest BCUT2D eigenvalue weighted by Crippen LogP contribution is 2.42. The summed E-state index contributed by atoms with van der Waals surface area (Å²) < 4.78 is 9.35. The van der Waals surface area contributed by atoms with Crippen LogP contribution in [0.4, 0.5) is 0 Å². The molecule has 0 saturated heterocycles. The monoisotopic (exact) mass is 1430 g/mol. The molecule has 0 bridgehead atoms. The zero-order valence-corrected chi connectivity index (χ0v) is 60.4. The summed E-state index contributed by atoms with van der Waals surface area (Å²) >= 11 is 0. The SMILES string of the molecule is c1ccc(-c2cc(-c3cccc(-n4c5ccc(-c6ccc7c8ccccc8n(-c8ccccc8)c7c6)cc5c5ncccc54)c3)nc(-c3ccccc3)n2)cc1.c1ccc(-c2nc(-c3ccccc3)nc(-c3cccc(-n4c5ccc(-c6ccc7c8ccccc8n(-c8ccccc8)c7c6)cc5c5ncccc54)c3)n2)cc1. The third-order valence-electron chi connectivity index (χ3n) is 21.4. The topological polar surface area (TPSA) is 110 Å². The molecule has 524 valence electrons. The zero-order valence-electron chi connectivity index (χ0n) is 60.4. The van der Waals surface area contributed by atoms with Crippen molar-refractivity contribution in [2.45, 2.75) is 0 Å². The van der Waals surface area contributed by atoms with Gasteiger partial charge >= 0.3 is 0 Å². The van der Waals surface area contributed by atoms with Crippen molar-refractivity contribution in [1.82, 2.24) is 53.2 Å². The number of aromatic nitrogens is 11. The lowest BCUT2D eigenvalue weighted by Crippen LogP contribution is -2.01. The van der Waals surface area contributed by atoms with Gasteiger partial charge in [-0.05, 0) is 150 Å². The second-order valence-corrected chi connectivity index (χ2v) is 28.1. The average Bonchev–Trinajstić information content (AvgIpc) is 1.60. The number of hydrogen-bond donors (Lipinski definition) is 0. The first-order valence-corrected chi connectivity index (χ1v) is 37.6. The summed E-state index contributed by atoms with van der Waals surface area (Å²) in [5, 5.41) is 7.15. The predicted molar refractivity (Wildman–Crippen MR) is 458 cm³/mol. The number of benzene rings is 14. The highest BCUT2D eigenvalue weighted by atomic mass is 15.0. The van der Waals surface area contributed by atoms with Gasteiger partial charge in [-0.15, -0.1) is 0 Å². The first-order chi connectivity index (χ1) is 55.5. The van der Waals surface area contributed by atoms with E-state index in [1.54, 1.807) is 0 Å². The van der Waals surface area contributed by atoms with E-state index < -0.39 is 0 Å². The lowest BCUT2D eigenvalue weighted by Gasteiger charge is -2.12. The molecule has 0 aliphatic carbocycles. The molecule has 11 heteroatoms. The maximum Gasteiger partial charge on any atom is 0.164 e. The molecule has 0 amide bonds. The number of pyridine rings is 2. The van der Waals surface area contributed by atoms with Crippen LogP contribution in [0.3, 0.4) is 0 Å². The van der Waals surface area contributed by atoms with E-state index in [1.807, 2.05) is 122 Å². The molecular formula is C101H65N11. The average molecular weight is 1430 g/mol. The van der Waals surface area contributed by atoms with E-state index in [0.717, 1.165) is 134 Å². The maximum absolute atomic E-state index is 5.12. The van der Waals surface area contributed by atoms with E-state index in [-0.39, 0.29) is 0 Å². The van der Waals surface area contributed by atoms with Crippen molar-refractivity contribution in [3.8, 4) is 113 Å². The van der Waals surface area contributed by atoms with Crippen molar-refractivity contribution in [2.24, 2.45) is 0 Å². The molecule has 22 aromatic rings. The minimum atomic E-state index is 0.615. The summed E-state index contributed by atoms with van der Waals surface area (Å²) in [6.07, 6.45) is 3.76. The molecule has 11 nitrogen and oxygen atoms in total. The summed E-state index contributed by atoms with van der Waals surface area (Å²) in [6, 6.07) is 134. The van der Waals surface area contributed by atoms with Crippen molar-refractivity contribution in [2.75, 3.05) is 0 Å². The van der Waals surface area contributed by atoms with E-state index in [1.165, 1.54) is 43.6 Å². The smallest absolute Gasteiger partial charge is 0.164 e. The summed E-state index contributed by atoms with van der Waals surface area (Å²) in [5.74, 6) is 2.58. The second-order valence-electron chi connectivity index (χ2n) is 28.1. The number of fused-ring (bicyclic) bond motifs is 12. The van der Waals surface area contributed by atoms with Crippen molar-refractivity contribution < 1.29 is 0 Å². The van der Waals surface area contributed by atoms with Crippen LogP contribution < -0.4 is 0 Å². The van der Waals surface area contributed by atoms with Gasteiger partial charge in [0.25, 0.3) is 0 Å². The molecule has 0 spiro atoms. The number of rotatable bonds is 12. The Bertz CT molecular complexity index is 6800. The second kappa shape index (κ2) is 27.5. The molecule has 0 fully saturated rings. The van der Waals surface area contributed by atoms with Crippen molar-refractivity contribution in [1.29, 1.82) is 0 Å². The van der Waals surface area contributed by atoms with Gasteiger partial charge in [-0.3, -0.25) is 9.97 Å². The van der Waals surface area contributed by atoms with Gasteiger partial charge in [0.1, 0.15) is 0 Å². The van der Waals surface area contributed by atoms with Crippen LogP contribution >= 0.6 is 0 Å². The highest BCUT2D eigenvalue weighted by Gasteiger charge is 2.22. The molecule has 0 saturated carbocycles. The Morgan fingerprint density at radius 2 is 0.473 bits per heavy atom. The number of hydrogen-bond acceptors (Lipinski definition) is 7. The molecule has 0 atom stereocenters. The molecule has 14 aromatic carbocycles. The molecule has 8 aromatic heterocycles. The zero-order chi connectivity index (χ0) is 74.0. The molecule has 0 radical (unpaired) electrons. The Labute approximate surface area is 644 Å². The largest absolute Gasteiger partial charge is 0.309 e. The lowest BCUT2D eigenvalue weighted by atomic mass is 10.0. The third kappa shape index (κ3) is 11.5. The van der Waals surface area contributed by atoms with E-state index in [0.29, 0.717) is 23.3 Å². The fraction of sp³-hybridized carbons (Fsp3) is 0. The van der Waals surface area contributed by atoms with E-state index in [9.17, 15) is 0 Å². The minimum absolute atomic E-state index is 0.615. The molecule has 0 aliphatic heterocycles. The number of para-hydroxylation sites is 4. The van der Waals surface area contributed by atoms with Crippen molar-refractivity contribution in [3.63, 3.8) is 0 Å². The van der Waals surface area contributed by atoms with Crippen LogP contribution in [0.1, 0.15) is 0 Å². The quantitative estimate of drug-likeness (QED) is 0.120. The Morgan fingerprint density at radius 1 is 0.161 bits per heavy atom. The van der Waals surface area contributed by atoms with Crippen LogP contribution in [-0.2, 0) is 0 Å². The van der Waals surface area contributed by atoms with Gasteiger partial charge in [-0.25, -0.2) is 24.9 Å². The molecule has 0 unspecified atom stereocenters. The maximum atomic E-state index is 5.12. The van der Waals surface area contributed by atoms with Crippen LogP contribution in [-0.4, -0.2) is 53.2 Å². The first kappa shape index (κ1) is 65.0. The van der Waals surface area contributed by atoms with Crippen LogP contribution in [0, 0.1) is 0 Å². The molecular weight excluding hydrogens is 1370 g/mol. The Kier molecular flexibility index (Phi) is 15.9.